The average molecular weight is 514 g/mol. The number of fused-ring (bicyclic) bond motifs is 7. The largest absolute Gasteiger partial charge is 0.470 e. The van der Waals surface area contributed by atoms with Crippen molar-refractivity contribution in [2.24, 2.45) is 22.7 Å². The monoisotopic (exact) mass is 514 g/mol. The Kier molecular flexibility index (Phi) is 5.37. The van der Waals surface area contributed by atoms with Gasteiger partial charge in [0.2, 0.25) is 0 Å². The highest BCUT2D eigenvalue weighted by Gasteiger charge is 2.80. The first-order chi connectivity index (χ1) is 16.0. The minimum atomic E-state index is -4.94. The molecule has 8 atom stereocenters. The molecule has 0 aromatic carbocycles. The summed E-state index contributed by atoms with van der Waals surface area (Å²) in [6.07, 6.45) is 3.06. The fourth-order valence-electron chi connectivity index (χ4n) is 8.06. The van der Waals surface area contributed by atoms with Gasteiger partial charge < -0.3 is 24.4 Å². The molecule has 35 heavy (non-hydrogen) atoms. The summed E-state index contributed by atoms with van der Waals surface area (Å²) in [4.78, 5) is 44.0. The van der Waals surface area contributed by atoms with E-state index in [0.29, 0.717) is 18.4 Å². The van der Waals surface area contributed by atoms with Gasteiger partial charge in [0.1, 0.15) is 6.61 Å². The molecule has 1 aliphatic heterocycles. The lowest BCUT2D eigenvalue weighted by Gasteiger charge is -2.62. The molecule has 1 heterocycles. The van der Waals surface area contributed by atoms with E-state index in [2.05, 4.69) is 4.52 Å². The standard InChI is InChI=1S/C24H32FO9P/c1-20(2)33-19-10-16-15-6-5-13-9-14(26)7-8-21(13,3)23(15,25)17(27)11-22(16,4)24(19,34-20)18(28)12-32-35(29,30)31/h7-9,15-17,19,27H,5-6,10-12H2,1-4H3,(H2,29,30,31)/t15-,16+,17-,19-,21-,22-,23-,24+/m0/s1. The lowest BCUT2D eigenvalue weighted by molar-refractivity contribution is -0.246. The lowest BCUT2D eigenvalue weighted by Crippen LogP contribution is -2.70. The van der Waals surface area contributed by atoms with E-state index in [-0.39, 0.29) is 18.6 Å². The van der Waals surface area contributed by atoms with Crippen molar-refractivity contribution in [3.05, 3.63) is 23.8 Å². The van der Waals surface area contributed by atoms with Crippen molar-refractivity contribution >= 4 is 19.4 Å². The van der Waals surface area contributed by atoms with Crippen LogP contribution in [-0.4, -0.2) is 62.3 Å². The fourth-order valence-corrected chi connectivity index (χ4v) is 8.34. The zero-order valence-corrected chi connectivity index (χ0v) is 21.1. The van der Waals surface area contributed by atoms with Crippen LogP contribution in [0.3, 0.4) is 0 Å². The Morgan fingerprint density at radius 1 is 1.26 bits per heavy atom. The summed E-state index contributed by atoms with van der Waals surface area (Å²) in [6.45, 7) is 5.86. The third-order valence-electron chi connectivity index (χ3n) is 9.41. The number of phosphoric acid groups is 1. The number of ketones is 2. The molecular weight excluding hydrogens is 482 g/mol. The first kappa shape index (κ1) is 25.4. The summed E-state index contributed by atoms with van der Waals surface area (Å²) < 4.78 is 45.5. The summed E-state index contributed by atoms with van der Waals surface area (Å²) >= 11 is 0. The molecule has 0 spiro atoms. The van der Waals surface area contributed by atoms with Gasteiger partial charge in [-0.15, -0.1) is 0 Å². The van der Waals surface area contributed by atoms with Gasteiger partial charge in [0, 0.05) is 16.7 Å². The minimum Gasteiger partial charge on any atom is -0.390 e. The van der Waals surface area contributed by atoms with Crippen LogP contribution in [0.4, 0.5) is 4.39 Å². The van der Waals surface area contributed by atoms with Crippen molar-refractivity contribution < 1.29 is 47.4 Å². The van der Waals surface area contributed by atoms with Gasteiger partial charge in [-0.3, -0.25) is 14.1 Å². The predicted molar refractivity (Wildman–Crippen MR) is 120 cm³/mol. The molecule has 0 bridgehead atoms. The van der Waals surface area contributed by atoms with E-state index < -0.39 is 72.1 Å². The van der Waals surface area contributed by atoms with E-state index in [9.17, 15) is 29.0 Å². The van der Waals surface area contributed by atoms with E-state index in [1.165, 1.54) is 12.2 Å². The van der Waals surface area contributed by atoms with Gasteiger partial charge in [-0.05, 0) is 64.5 Å². The van der Waals surface area contributed by atoms with E-state index in [0.717, 1.165) is 0 Å². The van der Waals surface area contributed by atoms with Crippen molar-refractivity contribution in [2.75, 3.05) is 6.61 Å². The highest BCUT2D eigenvalue weighted by Crippen LogP contribution is 2.72. The van der Waals surface area contributed by atoms with Crippen LogP contribution < -0.4 is 0 Å². The number of aliphatic hydroxyl groups excluding tert-OH is 1. The number of allylic oxidation sites excluding steroid dienone is 4. The van der Waals surface area contributed by atoms with E-state index in [1.807, 2.05) is 0 Å². The summed E-state index contributed by atoms with van der Waals surface area (Å²) in [5.74, 6) is -3.17. The van der Waals surface area contributed by atoms with Crippen LogP contribution in [0.5, 0.6) is 0 Å². The molecule has 0 aromatic rings. The highest BCUT2D eigenvalue weighted by molar-refractivity contribution is 7.46. The number of halogens is 1. The number of carbonyl (C=O) groups excluding carboxylic acids is 2. The van der Waals surface area contributed by atoms with Crippen LogP contribution in [0.15, 0.2) is 23.8 Å². The van der Waals surface area contributed by atoms with Crippen LogP contribution in [0, 0.1) is 22.7 Å². The topological polar surface area (TPSA) is 140 Å². The molecule has 0 aromatic heterocycles. The number of ether oxygens (including phenoxy) is 2. The number of alkyl halides is 1. The highest BCUT2D eigenvalue weighted by atomic mass is 31.2. The fraction of sp³-hybridized carbons (Fsp3) is 0.750. The Bertz CT molecular complexity index is 1100. The molecule has 5 aliphatic rings. The number of Topliss-reactive ketones (excluding diaryl/α,β-unsaturated/α-hetero) is 1. The summed E-state index contributed by atoms with van der Waals surface area (Å²) in [5.41, 5.74) is -5.37. The van der Waals surface area contributed by atoms with E-state index in [1.54, 1.807) is 33.8 Å². The Morgan fingerprint density at radius 2 is 1.94 bits per heavy atom. The number of aliphatic hydroxyl groups is 1. The Labute approximate surface area is 202 Å². The Morgan fingerprint density at radius 3 is 2.60 bits per heavy atom. The smallest absolute Gasteiger partial charge is 0.390 e. The quantitative estimate of drug-likeness (QED) is 0.483. The predicted octanol–water partition coefficient (Wildman–Crippen LogP) is 2.54. The van der Waals surface area contributed by atoms with Crippen molar-refractivity contribution in [1.29, 1.82) is 0 Å². The van der Waals surface area contributed by atoms with Crippen molar-refractivity contribution in [2.45, 2.75) is 82.6 Å². The zero-order valence-electron chi connectivity index (χ0n) is 20.2. The molecule has 11 heteroatoms. The first-order valence-corrected chi connectivity index (χ1v) is 13.5. The van der Waals surface area contributed by atoms with Crippen LogP contribution in [0.25, 0.3) is 0 Å². The summed E-state index contributed by atoms with van der Waals surface area (Å²) in [5, 5.41) is 11.5. The Hall–Kier alpha value is -1.26. The van der Waals surface area contributed by atoms with Gasteiger partial charge in [0.25, 0.3) is 0 Å². The van der Waals surface area contributed by atoms with Gasteiger partial charge in [-0.2, -0.15) is 0 Å². The van der Waals surface area contributed by atoms with Gasteiger partial charge in [0.15, 0.2) is 28.6 Å². The normalized spacial score (nSPS) is 48.0. The van der Waals surface area contributed by atoms with Gasteiger partial charge >= 0.3 is 7.82 Å². The molecule has 194 valence electrons. The molecule has 0 amide bonds. The second-order valence-corrected chi connectivity index (χ2v) is 12.8. The van der Waals surface area contributed by atoms with Crippen molar-refractivity contribution in [3.8, 4) is 0 Å². The third-order valence-corrected chi connectivity index (χ3v) is 9.88. The number of hydrogen-bond acceptors (Lipinski definition) is 7. The van der Waals surface area contributed by atoms with E-state index in [4.69, 9.17) is 9.47 Å². The molecule has 4 aliphatic carbocycles. The number of hydrogen-bond donors (Lipinski definition) is 3. The van der Waals surface area contributed by atoms with Crippen LogP contribution in [-0.2, 0) is 28.2 Å². The first-order valence-electron chi connectivity index (χ1n) is 11.9. The van der Waals surface area contributed by atoms with Gasteiger partial charge in [0.05, 0.1) is 12.2 Å². The molecule has 5 rings (SSSR count). The maximum Gasteiger partial charge on any atom is 0.470 e. The molecule has 3 saturated carbocycles. The van der Waals surface area contributed by atoms with Crippen LogP contribution in [0.2, 0.25) is 0 Å². The van der Waals surface area contributed by atoms with Gasteiger partial charge in [-0.1, -0.05) is 18.6 Å². The molecule has 1 saturated heterocycles. The Balaban J connectivity index is 1.59. The molecule has 4 fully saturated rings. The average Bonchev–Trinajstić information content (AvgIpc) is 3.14. The second kappa shape index (κ2) is 7.40. The SMILES string of the molecule is CC1(C)O[C@H]2C[C@@H]3[C@@H]4CCC5=CC(=O)C=C[C@]5(C)[C@@]4(F)[C@@H](O)C[C@]3(C)[C@]2(C(=O)COP(=O)(O)O)O1. The maximum atomic E-state index is 17.3. The molecule has 0 unspecified atom stereocenters. The number of phosphoric ester groups is 1. The molecule has 9 nitrogen and oxygen atoms in total. The number of carbonyl (C=O) groups is 2. The zero-order chi connectivity index (χ0) is 25.8. The van der Waals surface area contributed by atoms with E-state index >= 15 is 4.39 Å². The molecule has 3 N–H and O–H groups in total. The number of rotatable bonds is 4. The second-order valence-electron chi connectivity index (χ2n) is 11.5. The summed E-state index contributed by atoms with van der Waals surface area (Å²) in [6, 6.07) is 0. The summed E-state index contributed by atoms with van der Waals surface area (Å²) in [7, 11) is -4.94. The third kappa shape index (κ3) is 3.24. The van der Waals surface area contributed by atoms with Gasteiger partial charge in [-0.25, -0.2) is 8.96 Å². The lowest BCUT2D eigenvalue weighted by atomic mass is 9.44. The molecular formula is C24H32FO9P. The van der Waals surface area contributed by atoms with Crippen LogP contribution >= 0.6 is 7.82 Å². The maximum absolute atomic E-state index is 17.3. The minimum absolute atomic E-state index is 0.132. The molecule has 0 radical (unpaired) electrons. The van der Waals surface area contributed by atoms with Crippen molar-refractivity contribution in [3.63, 3.8) is 0 Å². The van der Waals surface area contributed by atoms with Crippen molar-refractivity contribution in [1.82, 2.24) is 0 Å². The van der Waals surface area contributed by atoms with Crippen LogP contribution in [0.1, 0.15) is 53.4 Å².